The third-order valence-electron chi connectivity index (χ3n) is 5.22. The largest absolute Gasteiger partial charge is 0.383 e. The number of benzene rings is 1. The van der Waals surface area contributed by atoms with Gasteiger partial charge in [-0.2, -0.15) is 9.97 Å². The third-order valence-corrected chi connectivity index (χ3v) is 6.66. The number of ether oxygens (including phenoxy) is 1. The Bertz CT molecular complexity index is 1340. The maximum atomic E-state index is 13.6. The van der Waals surface area contributed by atoms with Crippen LogP contribution in [0.5, 0.6) is 0 Å². The van der Waals surface area contributed by atoms with Crippen LogP contribution >= 0.6 is 0 Å². The van der Waals surface area contributed by atoms with Gasteiger partial charge in [0.05, 0.1) is 18.9 Å². The highest BCUT2D eigenvalue weighted by Crippen LogP contribution is 2.21. The van der Waals surface area contributed by atoms with E-state index < -0.39 is 21.7 Å². The van der Waals surface area contributed by atoms with E-state index in [0.29, 0.717) is 26.0 Å². The topological polar surface area (TPSA) is 154 Å². The molecule has 0 saturated heterocycles. The van der Waals surface area contributed by atoms with Gasteiger partial charge < -0.3 is 15.4 Å². The van der Waals surface area contributed by atoms with Crippen molar-refractivity contribution in [3.63, 3.8) is 0 Å². The van der Waals surface area contributed by atoms with Crippen LogP contribution < -0.4 is 16.1 Å². The average Bonchev–Trinajstić information content (AvgIpc) is 3.08. The molecular formula is C22H31N7O5S. The van der Waals surface area contributed by atoms with Crippen molar-refractivity contribution in [2.45, 2.75) is 33.2 Å². The number of nitrogens with one attached hydrogen (secondary N) is 1. The summed E-state index contributed by atoms with van der Waals surface area (Å²) in [5.41, 5.74) is 6.40. The summed E-state index contributed by atoms with van der Waals surface area (Å²) in [6, 6.07) is 8.57. The number of nitrogen functional groups attached to an aromatic ring is 1. The summed E-state index contributed by atoms with van der Waals surface area (Å²) in [5.74, 6) is -0.583. The summed E-state index contributed by atoms with van der Waals surface area (Å²) in [6.07, 6.45) is 1.06. The molecule has 12 nitrogen and oxygen atoms in total. The number of hydrogen-bond donors (Lipinski definition) is 2. The normalized spacial score (nSPS) is 11.6. The smallest absolute Gasteiger partial charge is 0.339 e. The minimum absolute atomic E-state index is 0.0212. The van der Waals surface area contributed by atoms with E-state index in [1.165, 1.54) is 16.6 Å². The van der Waals surface area contributed by atoms with E-state index in [1.807, 2.05) is 37.3 Å². The van der Waals surface area contributed by atoms with Crippen LogP contribution in [0, 0.1) is 0 Å². The molecule has 0 aliphatic rings. The van der Waals surface area contributed by atoms with Gasteiger partial charge in [-0.3, -0.25) is 9.29 Å². The maximum absolute atomic E-state index is 13.6. The Morgan fingerprint density at radius 2 is 1.86 bits per heavy atom. The number of rotatable bonds is 11. The zero-order chi connectivity index (χ0) is 25.6. The zero-order valence-electron chi connectivity index (χ0n) is 20.1. The van der Waals surface area contributed by atoms with Crippen LogP contribution in [-0.2, 0) is 21.3 Å². The van der Waals surface area contributed by atoms with Crippen molar-refractivity contribution in [3.05, 3.63) is 46.4 Å². The molecule has 1 amide bonds. The first-order valence-corrected chi connectivity index (χ1v) is 13.0. The van der Waals surface area contributed by atoms with E-state index in [2.05, 4.69) is 14.7 Å². The summed E-state index contributed by atoms with van der Waals surface area (Å²) in [6.45, 7) is 4.71. The van der Waals surface area contributed by atoms with Crippen LogP contribution in [0.4, 0.5) is 16.6 Å². The first-order chi connectivity index (χ1) is 16.7. The number of sulfonamides is 1. The number of nitrogens with two attached hydrogens (primary N) is 1. The van der Waals surface area contributed by atoms with E-state index in [4.69, 9.17) is 10.5 Å². The Labute approximate surface area is 203 Å². The first kappa shape index (κ1) is 26.2. The Morgan fingerprint density at radius 1 is 1.14 bits per heavy atom. The summed E-state index contributed by atoms with van der Waals surface area (Å²) in [4.78, 5) is 36.9. The van der Waals surface area contributed by atoms with E-state index in [-0.39, 0.29) is 41.8 Å². The van der Waals surface area contributed by atoms with Crippen molar-refractivity contribution in [2.24, 2.45) is 0 Å². The molecule has 13 heteroatoms. The molecule has 3 N–H and O–H groups in total. The van der Waals surface area contributed by atoms with Crippen molar-refractivity contribution in [2.75, 3.05) is 43.0 Å². The van der Waals surface area contributed by atoms with Crippen LogP contribution in [0.3, 0.4) is 0 Å². The fraction of sp³-hybridized carbons (Fsp3) is 0.455. The number of nitrogens with zero attached hydrogens (tertiary/aromatic N) is 5. The van der Waals surface area contributed by atoms with Gasteiger partial charge in [-0.05, 0) is 18.4 Å². The molecule has 0 aliphatic heterocycles. The number of methoxy groups -OCH3 is 1. The van der Waals surface area contributed by atoms with Gasteiger partial charge >= 0.3 is 11.7 Å². The zero-order valence-corrected chi connectivity index (χ0v) is 20.9. The highest BCUT2D eigenvalue weighted by Gasteiger charge is 2.27. The lowest BCUT2D eigenvalue weighted by Gasteiger charge is -2.21. The van der Waals surface area contributed by atoms with Crippen molar-refractivity contribution in [1.29, 1.82) is 0 Å². The molecule has 2 heterocycles. The lowest BCUT2D eigenvalue weighted by Crippen LogP contribution is -2.42. The molecule has 3 aromatic rings. The highest BCUT2D eigenvalue weighted by atomic mass is 32.2. The lowest BCUT2D eigenvalue weighted by molar-refractivity contribution is 0.150. The van der Waals surface area contributed by atoms with Gasteiger partial charge in [-0.1, -0.05) is 44.2 Å². The van der Waals surface area contributed by atoms with E-state index >= 15 is 0 Å². The van der Waals surface area contributed by atoms with Crippen LogP contribution in [-0.4, -0.2) is 71.0 Å². The van der Waals surface area contributed by atoms with Gasteiger partial charge in [0.15, 0.2) is 11.5 Å². The number of aromatic nitrogens is 4. The van der Waals surface area contributed by atoms with Gasteiger partial charge in [0.25, 0.3) is 0 Å². The van der Waals surface area contributed by atoms with E-state index in [1.54, 1.807) is 6.92 Å². The molecule has 2 aromatic heterocycles. The van der Waals surface area contributed by atoms with Gasteiger partial charge in [0.1, 0.15) is 5.52 Å². The number of imidazole rings is 1. The third kappa shape index (κ3) is 5.98. The van der Waals surface area contributed by atoms with Crippen LogP contribution in [0.1, 0.15) is 32.3 Å². The Morgan fingerprint density at radius 3 is 2.49 bits per heavy atom. The minimum atomic E-state index is -3.71. The van der Waals surface area contributed by atoms with Crippen LogP contribution in [0.15, 0.2) is 35.1 Å². The SMILES string of the molecule is CCCN(CCOC)C(=O)n1c(=O)n(Cc2ccccc2)c2nc(NS(=O)(=O)CCC)nc(N)c21. The monoisotopic (exact) mass is 505 g/mol. The predicted octanol–water partition coefficient (Wildman–Crippen LogP) is 1.70. The van der Waals surface area contributed by atoms with Gasteiger partial charge in [0.2, 0.25) is 16.0 Å². The van der Waals surface area contributed by atoms with Crippen molar-refractivity contribution >= 4 is 39.0 Å². The molecule has 0 fully saturated rings. The van der Waals surface area contributed by atoms with E-state index in [9.17, 15) is 18.0 Å². The first-order valence-electron chi connectivity index (χ1n) is 11.3. The number of fused-ring (bicyclic) bond motifs is 1. The van der Waals surface area contributed by atoms with Gasteiger partial charge in [-0.15, -0.1) is 0 Å². The molecule has 35 heavy (non-hydrogen) atoms. The number of carbonyl (C=O) groups is 1. The number of hydrogen-bond acceptors (Lipinski definition) is 8. The Balaban J connectivity index is 2.21. The van der Waals surface area contributed by atoms with Gasteiger partial charge in [-0.25, -0.2) is 22.6 Å². The maximum Gasteiger partial charge on any atom is 0.339 e. The molecule has 0 atom stereocenters. The number of anilines is 2. The summed E-state index contributed by atoms with van der Waals surface area (Å²) in [5, 5.41) is 0. The molecule has 0 aliphatic carbocycles. The highest BCUT2D eigenvalue weighted by molar-refractivity contribution is 7.92. The molecule has 190 valence electrons. The van der Waals surface area contributed by atoms with Gasteiger partial charge in [0, 0.05) is 20.2 Å². The standard InChI is InChI=1S/C22H31N7O5S/c1-4-11-27(12-13-34-3)21(30)29-17-18(23)24-20(26-35(32,33)14-5-2)25-19(17)28(22(29)31)15-16-9-7-6-8-10-16/h6-10H,4-5,11-15H2,1-3H3,(H3,23,24,25,26). The van der Waals surface area contributed by atoms with Crippen molar-refractivity contribution < 1.29 is 17.9 Å². The molecule has 0 unspecified atom stereocenters. The molecule has 0 radical (unpaired) electrons. The predicted molar refractivity (Wildman–Crippen MR) is 134 cm³/mol. The minimum Gasteiger partial charge on any atom is -0.383 e. The fourth-order valence-corrected chi connectivity index (χ4v) is 4.68. The molecule has 3 rings (SSSR count). The fourth-order valence-electron chi connectivity index (χ4n) is 3.68. The van der Waals surface area contributed by atoms with Crippen molar-refractivity contribution in [1.82, 2.24) is 24.0 Å². The average molecular weight is 506 g/mol. The molecule has 1 aromatic carbocycles. The summed E-state index contributed by atoms with van der Waals surface area (Å²) < 4.78 is 34.2. The molecule has 0 saturated carbocycles. The lowest BCUT2D eigenvalue weighted by atomic mass is 10.2. The van der Waals surface area contributed by atoms with Crippen LogP contribution in [0.25, 0.3) is 11.2 Å². The number of amides is 1. The Hall–Kier alpha value is -3.45. The van der Waals surface area contributed by atoms with Crippen molar-refractivity contribution in [3.8, 4) is 0 Å². The molecule has 0 bridgehead atoms. The second-order valence-corrected chi connectivity index (χ2v) is 9.82. The summed E-state index contributed by atoms with van der Waals surface area (Å²) in [7, 11) is -2.18. The Kier molecular flexibility index (Phi) is 8.46. The summed E-state index contributed by atoms with van der Waals surface area (Å²) >= 11 is 0. The number of carbonyl (C=O) groups excluding carboxylic acids is 1. The molecular weight excluding hydrogens is 474 g/mol. The van der Waals surface area contributed by atoms with Crippen LogP contribution in [0.2, 0.25) is 0 Å². The second kappa shape index (κ2) is 11.3. The molecule has 0 spiro atoms. The van der Waals surface area contributed by atoms with E-state index in [0.717, 1.165) is 10.1 Å². The second-order valence-electron chi connectivity index (χ2n) is 7.98. The quantitative estimate of drug-likeness (QED) is 0.399.